The van der Waals surface area contributed by atoms with Gasteiger partial charge in [0.15, 0.2) is 0 Å². The molecule has 2 heterocycles. The van der Waals surface area contributed by atoms with Crippen LogP contribution in [0, 0.1) is 6.07 Å². The highest BCUT2D eigenvalue weighted by Crippen LogP contribution is 2.30. The van der Waals surface area contributed by atoms with Gasteiger partial charge in [-0.2, -0.15) is 0 Å². The van der Waals surface area contributed by atoms with E-state index in [0.29, 0.717) is 26.1 Å². The minimum absolute atomic E-state index is 0.0947. The summed E-state index contributed by atoms with van der Waals surface area (Å²) < 4.78 is 0. The van der Waals surface area contributed by atoms with E-state index in [2.05, 4.69) is 29.6 Å². The van der Waals surface area contributed by atoms with Crippen LogP contribution in [0.15, 0.2) is 97.1 Å². The third kappa shape index (κ3) is 5.15. The average molecular weight is 532 g/mol. The fourth-order valence-electron chi connectivity index (χ4n) is 5.85. The van der Waals surface area contributed by atoms with E-state index in [-0.39, 0.29) is 30.8 Å². The molecular weight excluding hydrogens is 500 g/mol. The average Bonchev–Trinajstić information content (AvgIpc) is 2.99. The number of carbonyl (C=O) groups is 3. The number of fused-ring (bicyclic) bond motifs is 2. The Balaban J connectivity index is 1.31. The highest BCUT2D eigenvalue weighted by Gasteiger charge is 2.48. The Labute approximate surface area is 234 Å². The summed E-state index contributed by atoms with van der Waals surface area (Å²) in [5.74, 6) is -0.195. The topological polar surface area (TPSA) is 73.0 Å². The molecule has 7 heteroatoms. The zero-order valence-electron chi connectivity index (χ0n) is 22.2. The number of nitrogens with zero attached hydrogens (tertiary/aromatic N) is 3. The summed E-state index contributed by atoms with van der Waals surface area (Å²) >= 11 is 0. The SMILES string of the molecule is O=C1[C@H](Cc2cc[c]cc2)N2C(=O)CCN(C(=O)NCc3ccccc3)[C@H]2CN1Cc1cccc2ccccc12. The highest BCUT2D eigenvalue weighted by molar-refractivity contribution is 5.92. The van der Waals surface area contributed by atoms with Crippen molar-refractivity contribution in [2.24, 2.45) is 0 Å². The summed E-state index contributed by atoms with van der Waals surface area (Å²) in [5, 5.41) is 5.22. The highest BCUT2D eigenvalue weighted by atomic mass is 16.2. The standard InChI is InChI=1S/C33H31N4O3/c38-31-18-19-36(33(40)34-21-25-12-5-2-6-13-25)30-23-35(22-27-16-9-15-26-14-7-8-17-28(26)27)32(39)29(37(30)31)20-24-10-3-1-4-11-24/h2-17,29-30H,18-23H2,(H,34,40)/t29-,30+/m0/s1. The van der Waals surface area contributed by atoms with E-state index in [1.807, 2.05) is 83.8 Å². The Morgan fingerprint density at radius 1 is 0.875 bits per heavy atom. The van der Waals surface area contributed by atoms with Gasteiger partial charge in [0, 0.05) is 32.5 Å². The van der Waals surface area contributed by atoms with Crippen LogP contribution in [0.2, 0.25) is 0 Å². The molecule has 4 aromatic carbocycles. The zero-order chi connectivity index (χ0) is 27.5. The third-order valence-electron chi connectivity index (χ3n) is 7.86. The quantitative estimate of drug-likeness (QED) is 0.402. The van der Waals surface area contributed by atoms with Crippen LogP contribution in [0.5, 0.6) is 0 Å². The molecule has 1 radical (unpaired) electrons. The fraction of sp³-hybridized carbons (Fsp3) is 0.242. The molecule has 0 spiro atoms. The number of amides is 4. The lowest BCUT2D eigenvalue weighted by Gasteiger charge is -2.52. The van der Waals surface area contributed by atoms with E-state index in [9.17, 15) is 14.4 Å². The van der Waals surface area contributed by atoms with Gasteiger partial charge in [-0.15, -0.1) is 0 Å². The molecule has 201 valence electrons. The normalized spacial score (nSPS) is 19.1. The maximum absolute atomic E-state index is 14.1. The number of carbonyl (C=O) groups excluding carboxylic acids is 3. The van der Waals surface area contributed by atoms with Crippen molar-refractivity contribution in [3.05, 3.63) is 120 Å². The second-order valence-electron chi connectivity index (χ2n) is 10.4. The second-order valence-corrected chi connectivity index (χ2v) is 10.4. The molecule has 1 N–H and O–H groups in total. The van der Waals surface area contributed by atoms with Gasteiger partial charge in [0.1, 0.15) is 12.2 Å². The largest absolute Gasteiger partial charge is 0.334 e. The van der Waals surface area contributed by atoms with Crippen LogP contribution in [0.4, 0.5) is 4.79 Å². The van der Waals surface area contributed by atoms with Crippen LogP contribution in [0.25, 0.3) is 10.8 Å². The van der Waals surface area contributed by atoms with E-state index in [1.54, 1.807) is 9.80 Å². The first-order chi connectivity index (χ1) is 19.6. The Morgan fingerprint density at radius 2 is 1.62 bits per heavy atom. The molecule has 2 aliphatic heterocycles. The van der Waals surface area contributed by atoms with Gasteiger partial charge >= 0.3 is 6.03 Å². The molecule has 7 nitrogen and oxygen atoms in total. The van der Waals surface area contributed by atoms with Gasteiger partial charge in [-0.25, -0.2) is 4.79 Å². The smallest absolute Gasteiger partial charge is 0.319 e. The van der Waals surface area contributed by atoms with E-state index in [4.69, 9.17) is 0 Å². The Kier molecular flexibility index (Phi) is 7.19. The molecule has 2 aliphatic rings. The van der Waals surface area contributed by atoms with Crippen LogP contribution >= 0.6 is 0 Å². The van der Waals surface area contributed by atoms with Gasteiger partial charge in [-0.05, 0) is 33.5 Å². The summed E-state index contributed by atoms with van der Waals surface area (Å²) in [4.78, 5) is 46.1. The first-order valence-corrected chi connectivity index (χ1v) is 13.7. The summed E-state index contributed by atoms with van der Waals surface area (Å²) in [6, 6.07) is 33.5. The van der Waals surface area contributed by atoms with Crippen LogP contribution in [0.3, 0.4) is 0 Å². The number of benzene rings is 4. The fourth-order valence-corrected chi connectivity index (χ4v) is 5.85. The molecule has 2 saturated heterocycles. The molecule has 4 amide bonds. The Hall–Kier alpha value is -4.65. The summed E-state index contributed by atoms with van der Waals surface area (Å²) in [5.41, 5.74) is 2.98. The maximum Gasteiger partial charge on any atom is 0.319 e. The van der Waals surface area contributed by atoms with E-state index in [1.165, 1.54) is 0 Å². The maximum atomic E-state index is 14.1. The zero-order valence-corrected chi connectivity index (χ0v) is 22.2. The first kappa shape index (κ1) is 25.6. The second kappa shape index (κ2) is 11.2. The van der Waals surface area contributed by atoms with Crippen molar-refractivity contribution in [2.45, 2.75) is 38.1 Å². The number of urea groups is 1. The predicted octanol–water partition coefficient (Wildman–Crippen LogP) is 4.36. The lowest BCUT2D eigenvalue weighted by molar-refractivity contribution is -0.167. The number of hydrogen-bond acceptors (Lipinski definition) is 3. The summed E-state index contributed by atoms with van der Waals surface area (Å²) in [6.07, 6.45) is 0.0107. The van der Waals surface area contributed by atoms with Gasteiger partial charge in [0.25, 0.3) is 0 Å². The summed E-state index contributed by atoms with van der Waals surface area (Å²) in [7, 11) is 0. The van der Waals surface area contributed by atoms with Crippen molar-refractivity contribution < 1.29 is 14.4 Å². The monoisotopic (exact) mass is 531 g/mol. The van der Waals surface area contributed by atoms with Crippen molar-refractivity contribution in [3.63, 3.8) is 0 Å². The van der Waals surface area contributed by atoms with Gasteiger partial charge in [-0.1, -0.05) is 97.1 Å². The molecule has 0 bridgehead atoms. The number of piperazine rings is 1. The van der Waals surface area contributed by atoms with Crippen LogP contribution in [-0.4, -0.2) is 57.8 Å². The number of hydrogen-bond donors (Lipinski definition) is 1. The van der Waals surface area contributed by atoms with Gasteiger partial charge in [-0.3, -0.25) is 9.59 Å². The molecule has 2 fully saturated rings. The molecule has 2 atom stereocenters. The third-order valence-corrected chi connectivity index (χ3v) is 7.86. The summed E-state index contributed by atoms with van der Waals surface area (Å²) in [6.45, 7) is 1.35. The Morgan fingerprint density at radius 3 is 2.45 bits per heavy atom. The van der Waals surface area contributed by atoms with Crippen LogP contribution in [0.1, 0.15) is 23.1 Å². The number of nitrogens with one attached hydrogen (secondary N) is 1. The predicted molar refractivity (Wildman–Crippen MR) is 153 cm³/mol. The van der Waals surface area contributed by atoms with Crippen molar-refractivity contribution in [3.8, 4) is 0 Å². The van der Waals surface area contributed by atoms with E-state index >= 15 is 0 Å². The molecule has 0 aromatic heterocycles. The van der Waals surface area contributed by atoms with Gasteiger partial charge in [0.05, 0.1) is 6.54 Å². The molecule has 0 saturated carbocycles. The molecule has 0 aliphatic carbocycles. The molecular formula is C33H31N4O3. The Bertz CT molecular complexity index is 1520. The van der Waals surface area contributed by atoms with Crippen molar-refractivity contribution >= 4 is 28.6 Å². The van der Waals surface area contributed by atoms with E-state index in [0.717, 1.165) is 27.5 Å². The molecule has 40 heavy (non-hydrogen) atoms. The first-order valence-electron chi connectivity index (χ1n) is 13.7. The molecule has 6 rings (SSSR count). The van der Waals surface area contributed by atoms with Crippen LogP contribution in [-0.2, 0) is 29.1 Å². The molecule has 4 aromatic rings. The van der Waals surface area contributed by atoms with Crippen molar-refractivity contribution in [1.82, 2.24) is 20.0 Å². The van der Waals surface area contributed by atoms with Gasteiger partial charge in [0.2, 0.25) is 11.8 Å². The minimum atomic E-state index is -0.701. The van der Waals surface area contributed by atoms with Crippen molar-refractivity contribution in [2.75, 3.05) is 13.1 Å². The molecule has 0 unspecified atom stereocenters. The van der Waals surface area contributed by atoms with Crippen LogP contribution < -0.4 is 5.32 Å². The van der Waals surface area contributed by atoms with E-state index < -0.39 is 12.2 Å². The van der Waals surface area contributed by atoms with Gasteiger partial charge < -0.3 is 20.0 Å². The minimum Gasteiger partial charge on any atom is -0.334 e. The lowest BCUT2D eigenvalue weighted by atomic mass is 9.96. The number of rotatable bonds is 6. The van der Waals surface area contributed by atoms with Crippen molar-refractivity contribution in [1.29, 1.82) is 0 Å². The lowest BCUT2D eigenvalue weighted by Crippen LogP contribution is -2.72.